The number of benzene rings is 1. The summed E-state index contributed by atoms with van der Waals surface area (Å²) in [6.45, 7) is 0.752. The molecular formula is C15H16N6S. The van der Waals surface area contributed by atoms with Gasteiger partial charge in [0, 0.05) is 18.1 Å². The van der Waals surface area contributed by atoms with Gasteiger partial charge in [-0.2, -0.15) is 0 Å². The van der Waals surface area contributed by atoms with Gasteiger partial charge in [-0.3, -0.25) is 0 Å². The third-order valence-electron chi connectivity index (χ3n) is 3.09. The maximum atomic E-state index is 6.11. The molecule has 7 heteroatoms. The number of thiazole rings is 1. The number of nitrogen functional groups attached to an aromatic ring is 1. The third kappa shape index (κ3) is 3.50. The van der Waals surface area contributed by atoms with Crippen molar-refractivity contribution in [1.29, 1.82) is 0 Å². The summed E-state index contributed by atoms with van der Waals surface area (Å²) in [5.41, 5.74) is 7.87. The highest BCUT2D eigenvalue weighted by molar-refractivity contribution is 7.13. The number of hydrogen-bond acceptors (Lipinski definition) is 7. The van der Waals surface area contributed by atoms with Crippen LogP contribution in [0.4, 0.5) is 22.5 Å². The topological polar surface area (TPSA) is 88.8 Å². The van der Waals surface area contributed by atoms with Gasteiger partial charge in [-0.05, 0) is 12.0 Å². The van der Waals surface area contributed by atoms with Gasteiger partial charge in [0.25, 0.3) is 0 Å². The molecule has 0 spiro atoms. The zero-order valence-corrected chi connectivity index (χ0v) is 12.7. The largest absolute Gasteiger partial charge is 0.393 e. The lowest BCUT2D eigenvalue weighted by molar-refractivity contribution is 1.00. The van der Waals surface area contributed by atoms with E-state index in [-0.39, 0.29) is 0 Å². The summed E-state index contributed by atoms with van der Waals surface area (Å²) in [5, 5.41) is 8.98. The average Bonchev–Trinajstić information content (AvgIpc) is 3.05. The van der Waals surface area contributed by atoms with E-state index >= 15 is 0 Å². The van der Waals surface area contributed by atoms with Crippen molar-refractivity contribution in [2.45, 2.75) is 6.42 Å². The van der Waals surface area contributed by atoms with Crippen molar-refractivity contribution in [3.8, 4) is 0 Å². The zero-order valence-electron chi connectivity index (χ0n) is 11.9. The van der Waals surface area contributed by atoms with Crippen LogP contribution in [-0.4, -0.2) is 21.5 Å². The molecule has 0 aliphatic rings. The van der Waals surface area contributed by atoms with Crippen molar-refractivity contribution in [2.24, 2.45) is 0 Å². The molecular weight excluding hydrogens is 296 g/mol. The SMILES string of the molecule is Nc1c(NCCc2ccccc2)ncnc1Nc1nccs1. The molecule has 0 aliphatic carbocycles. The third-order valence-corrected chi connectivity index (χ3v) is 3.78. The maximum absolute atomic E-state index is 6.11. The summed E-state index contributed by atoms with van der Waals surface area (Å²) < 4.78 is 0. The van der Waals surface area contributed by atoms with Gasteiger partial charge in [0.1, 0.15) is 12.0 Å². The van der Waals surface area contributed by atoms with Crippen molar-refractivity contribution in [3.63, 3.8) is 0 Å². The Morgan fingerprint density at radius 2 is 1.86 bits per heavy atom. The molecule has 4 N–H and O–H groups in total. The van der Waals surface area contributed by atoms with Crippen molar-refractivity contribution < 1.29 is 0 Å². The molecule has 1 aromatic carbocycles. The second-order valence-corrected chi connectivity index (χ2v) is 5.50. The first kappa shape index (κ1) is 14.3. The first-order chi connectivity index (χ1) is 10.8. The second kappa shape index (κ2) is 6.86. The van der Waals surface area contributed by atoms with Crippen LogP contribution >= 0.6 is 11.3 Å². The molecule has 0 atom stereocenters. The standard InChI is InChI=1S/C15H16N6S/c16-12-13(17-7-6-11-4-2-1-3-5-11)19-10-20-14(12)21-15-18-8-9-22-15/h1-5,8-10H,6-7,16H2,(H2,17,18,19,20,21). The van der Waals surface area contributed by atoms with Gasteiger partial charge >= 0.3 is 0 Å². The Labute approximate surface area is 132 Å². The van der Waals surface area contributed by atoms with Gasteiger partial charge in [0.15, 0.2) is 16.8 Å². The Morgan fingerprint density at radius 3 is 2.64 bits per heavy atom. The Balaban J connectivity index is 1.64. The Kier molecular flexibility index (Phi) is 4.45. The molecule has 2 aromatic heterocycles. The fourth-order valence-electron chi connectivity index (χ4n) is 1.99. The highest BCUT2D eigenvalue weighted by atomic mass is 32.1. The van der Waals surface area contributed by atoms with E-state index in [1.807, 2.05) is 23.6 Å². The molecule has 0 amide bonds. The maximum Gasteiger partial charge on any atom is 0.188 e. The van der Waals surface area contributed by atoms with Crippen molar-refractivity contribution >= 4 is 33.8 Å². The molecule has 0 saturated carbocycles. The number of anilines is 4. The summed E-state index contributed by atoms with van der Waals surface area (Å²) in [7, 11) is 0. The molecule has 112 valence electrons. The van der Waals surface area contributed by atoms with Crippen LogP contribution in [0.15, 0.2) is 48.2 Å². The van der Waals surface area contributed by atoms with Crippen LogP contribution in [0, 0.1) is 0 Å². The van der Waals surface area contributed by atoms with Gasteiger partial charge in [-0.25, -0.2) is 15.0 Å². The molecule has 3 aromatic rings. The van der Waals surface area contributed by atoms with Crippen LogP contribution in [0.25, 0.3) is 0 Å². The quantitative estimate of drug-likeness (QED) is 0.648. The summed E-state index contributed by atoms with van der Waals surface area (Å²) in [5.74, 6) is 1.19. The first-order valence-electron chi connectivity index (χ1n) is 6.88. The molecule has 0 unspecified atom stereocenters. The monoisotopic (exact) mass is 312 g/mol. The van der Waals surface area contributed by atoms with Crippen LogP contribution in [0.2, 0.25) is 0 Å². The minimum atomic E-state index is 0.491. The Hall–Kier alpha value is -2.67. The van der Waals surface area contributed by atoms with E-state index in [1.165, 1.54) is 23.2 Å². The van der Waals surface area contributed by atoms with Crippen LogP contribution < -0.4 is 16.4 Å². The van der Waals surface area contributed by atoms with Crippen LogP contribution in [0.1, 0.15) is 5.56 Å². The molecule has 22 heavy (non-hydrogen) atoms. The lowest BCUT2D eigenvalue weighted by atomic mass is 10.1. The van der Waals surface area contributed by atoms with Crippen LogP contribution in [-0.2, 0) is 6.42 Å². The molecule has 0 bridgehead atoms. The van der Waals surface area contributed by atoms with E-state index in [1.54, 1.807) is 6.20 Å². The predicted octanol–water partition coefficient (Wildman–Crippen LogP) is 2.91. The predicted molar refractivity (Wildman–Crippen MR) is 90.5 cm³/mol. The van der Waals surface area contributed by atoms with E-state index in [0.29, 0.717) is 17.3 Å². The highest BCUT2D eigenvalue weighted by Crippen LogP contribution is 2.26. The Bertz CT molecular complexity index is 714. The number of hydrogen-bond donors (Lipinski definition) is 3. The van der Waals surface area contributed by atoms with Crippen LogP contribution in [0.3, 0.4) is 0 Å². The molecule has 0 saturated heterocycles. The highest BCUT2D eigenvalue weighted by Gasteiger charge is 2.08. The number of aromatic nitrogens is 3. The minimum Gasteiger partial charge on any atom is -0.393 e. The fraction of sp³-hybridized carbons (Fsp3) is 0.133. The minimum absolute atomic E-state index is 0.491. The molecule has 3 rings (SSSR count). The number of nitrogens with one attached hydrogen (secondary N) is 2. The average molecular weight is 312 g/mol. The smallest absolute Gasteiger partial charge is 0.188 e. The van der Waals surface area contributed by atoms with E-state index in [9.17, 15) is 0 Å². The normalized spacial score (nSPS) is 10.4. The van der Waals surface area contributed by atoms with E-state index < -0.39 is 0 Å². The van der Waals surface area contributed by atoms with Crippen molar-refractivity contribution in [1.82, 2.24) is 15.0 Å². The molecule has 6 nitrogen and oxygen atoms in total. The molecule has 2 heterocycles. The summed E-state index contributed by atoms with van der Waals surface area (Å²) in [4.78, 5) is 12.5. The summed E-state index contributed by atoms with van der Waals surface area (Å²) in [6.07, 6.45) is 4.11. The van der Waals surface area contributed by atoms with E-state index in [0.717, 1.165) is 18.1 Å². The second-order valence-electron chi connectivity index (χ2n) is 4.61. The summed E-state index contributed by atoms with van der Waals surface area (Å²) >= 11 is 1.49. The van der Waals surface area contributed by atoms with E-state index in [4.69, 9.17) is 5.73 Å². The number of rotatable bonds is 6. The van der Waals surface area contributed by atoms with Gasteiger partial charge < -0.3 is 16.4 Å². The lowest BCUT2D eigenvalue weighted by Crippen LogP contribution is -2.10. The van der Waals surface area contributed by atoms with Crippen molar-refractivity contribution in [3.05, 3.63) is 53.8 Å². The summed E-state index contributed by atoms with van der Waals surface area (Å²) in [6, 6.07) is 10.3. The Morgan fingerprint density at radius 1 is 1.05 bits per heavy atom. The van der Waals surface area contributed by atoms with E-state index in [2.05, 4.69) is 37.7 Å². The van der Waals surface area contributed by atoms with Gasteiger partial charge in [0.2, 0.25) is 0 Å². The first-order valence-corrected chi connectivity index (χ1v) is 7.75. The fourth-order valence-corrected chi connectivity index (χ4v) is 2.52. The molecule has 0 radical (unpaired) electrons. The number of nitrogens with zero attached hydrogens (tertiary/aromatic N) is 3. The van der Waals surface area contributed by atoms with Gasteiger partial charge in [-0.15, -0.1) is 11.3 Å². The van der Waals surface area contributed by atoms with Crippen LogP contribution in [0.5, 0.6) is 0 Å². The number of nitrogens with two attached hydrogens (primary N) is 1. The zero-order chi connectivity index (χ0) is 15.2. The molecule has 0 fully saturated rings. The van der Waals surface area contributed by atoms with Crippen molar-refractivity contribution in [2.75, 3.05) is 22.9 Å². The van der Waals surface area contributed by atoms with Gasteiger partial charge in [-0.1, -0.05) is 30.3 Å². The van der Waals surface area contributed by atoms with Gasteiger partial charge in [0.05, 0.1) is 0 Å². The lowest BCUT2D eigenvalue weighted by Gasteiger charge is -2.11. The molecule has 0 aliphatic heterocycles.